The third-order valence-electron chi connectivity index (χ3n) is 8.32. The van der Waals surface area contributed by atoms with Crippen LogP contribution in [-0.4, -0.2) is 35.6 Å². The van der Waals surface area contributed by atoms with E-state index in [1.807, 2.05) is 6.08 Å². The number of carbonyl (C=O) groups is 4. The van der Waals surface area contributed by atoms with Gasteiger partial charge >= 0.3 is 0 Å². The van der Waals surface area contributed by atoms with Gasteiger partial charge in [-0.2, -0.15) is 0 Å². The number of phenols is 1. The molecule has 1 aliphatic heterocycles. The number of carbonyl (C=O) groups excluding carboxylic acids is 4. The summed E-state index contributed by atoms with van der Waals surface area (Å²) < 4.78 is 5.47. The number of hydrogen-bond acceptors (Lipinski definition) is 6. The van der Waals surface area contributed by atoms with Gasteiger partial charge in [-0.25, -0.2) is 0 Å². The first-order valence-electron chi connectivity index (χ1n) is 12.7. The van der Waals surface area contributed by atoms with Gasteiger partial charge in [-0.05, 0) is 70.1 Å². The van der Waals surface area contributed by atoms with Gasteiger partial charge in [-0.3, -0.25) is 24.1 Å². The quantitative estimate of drug-likeness (QED) is 0.269. The third-order valence-corrected chi connectivity index (χ3v) is 9.20. The van der Waals surface area contributed by atoms with Crippen LogP contribution < -0.4 is 9.64 Å². The van der Waals surface area contributed by atoms with E-state index in [9.17, 15) is 24.3 Å². The highest BCUT2D eigenvalue weighted by Crippen LogP contribution is 2.56. The van der Waals surface area contributed by atoms with Crippen molar-refractivity contribution in [3.8, 4) is 11.5 Å². The summed E-state index contributed by atoms with van der Waals surface area (Å²) >= 11 is 9.57. The average Bonchev–Trinajstić information content (AvgIpc) is 3.21. The Labute approximate surface area is 243 Å². The predicted molar refractivity (Wildman–Crippen MR) is 153 cm³/mol. The lowest BCUT2D eigenvalue weighted by molar-refractivity contribution is -0.123. The molecule has 0 spiro atoms. The molecule has 1 saturated heterocycles. The zero-order valence-corrected chi connectivity index (χ0v) is 23.7. The standard InChI is InChI=1S/C31H23BrClNO6/c1-3-14-4-6-16(7-5-14)34-30(38)18-9-8-17-19(26(18)31(34)39)12-20-27(23(35)13-21(32)28(20)36)25(17)15-10-22(33)29(37)24(11-15)40-2/h3-8,10-11,13,18-19,25-26,37H,1,9,12H2,2H3/t18-,19+,25-,26-/m0/s1. The van der Waals surface area contributed by atoms with Crippen LogP contribution in [0.3, 0.4) is 0 Å². The van der Waals surface area contributed by atoms with Crippen molar-refractivity contribution in [1.82, 2.24) is 0 Å². The van der Waals surface area contributed by atoms with Crippen LogP contribution in [0.2, 0.25) is 5.02 Å². The van der Waals surface area contributed by atoms with Crippen LogP contribution in [-0.2, 0) is 19.2 Å². The average molecular weight is 621 g/mol. The molecular weight excluding hydrogens is 598 g/mol. The minimum absolute atomic E-state index is 0.0282. The molecule has 0 radical (unpaired) electrons. The number of anilines is 1. The van der Waals surface area contributed by atoms with Gasteiger partial charge < -0.3 is 9.84 Å². The minimum atomic E-state index is -0.709. The van der Waals surface area contributed by atoms with Crippen LogP contribution in [0.1, 0.15) is 29.9 Å². The van der Waals surface area contributed by atoms with Crippen molar-refractivity contribution in [2.24, 2.45) is 17.8 Å². The molecule has 4 aliphatic rings. The van der Waals surface area contributed by atoms with Crippen molar-refractivity contribution in [3.05, 3.63) is 92.5 Å². The Hall–Kier alpha value is -3.75. The van der Waals surface area contributed by atoms with Gasteiger partial charge in [0.15, 0.2) is 23.1 Å². The number of ether oxygens (including phenoxy) is 1. The second-order valence-electron chi connectivity index (χ2n) is 10.3. The Morgan fingerprint density at radius 1 is 1.10 bits per heavy atom. The van der Waals surface area contributed by atoms with Gasteiger partial charge in [-0.15, -0.1) is 0 Å². The number of methoxy groups -OCH3 is 1. The molecule has 0 unspecified atom stereocenters. The lowest BCUT2D eigenvalue weighted by atomic mass is 9.59. The van der Waals surface area contributed by atoms with Crippen molar-refractivity contribution < 1.29 is 29.0 Å². The predicted octanol–water partition coefficient (Wildman–Crippen LogP) is 5.66. The summed E-state index contributed by atoms with van der Waals surface area (Å²) in [6, 6.07) is 10.2. The summed E-state index contributed by atoms with van der Waals surface area (Å²) in [6.45, 7) is 3.75. The Morgan fingerprint density at radius 3 is 2.50 bits per heavy atom. The number of hydrogen-bond donors (Lipinski definition) is 1. The van der Waals surface area contributed by atoms with E-state index in [1.54, 1.807) is 42.5 Å². The number of nitrogens with zero attached hydrogens (tertiary/aromatic N) is 1. The van der Waals surface area contributed by atoms with Crippen LogP contribution in [0.25, 0.3) is 6.08 Å². The van der Waals surface area contributed by atoms with Gasteiger partial charge in [0.2, 0.25) is 11.8 Å². The van der Waals surface area contributed by atoms with Gasteiger partial charge in [0.25, 0.3) is 0 Å². The fraction of sp³-hybridized carbons (Fsp3) is 0.226. The molecule has 4 atom stereocenters. The SMILES string of the molecule is C=Cc1ccc(N2C(=O)[C@H]3[C@H](CC=C4[C@H](c5cc(Cl)c(O)c(OC)c5)C5=C(C[C@H]43)C(=O)C(Br)=CC5=O)C2=O)cc1. The maximum Gasteiger partial charge on any atom is 0.238 e. The first-order chi connectivity index (χ1) is 19.2. The van der Waals surface area contributed by atoms with E-state index in [0.717, 1.165) is 11.1 Å². The van der Waals surface area contributed by atoms with E-state index < -0.39 is 23.7 Å². The number of allylic oxidation sites excluding steroid dienone is 6. The largest absolute Gasteiger partial charge is 0.503 e. The number of ketones is 2. The molecule has 7 nitrogen and oxygen atoms in total. The topological polar surface area (TPSA) is 101 Å². The fourth-order valence-corrected chi connectivity index (χ4v) is 7.18. The molecule has 6 rings (SSSR count). The van der Waals surface area contributed by atoms with Crippen LogP contribution >= 0.6 is 27.5 Å². The molecule has 1 fully saturated rings. The minimum Gasteiger partial charge on any atom is -0.503 e. The van der Waals surface area contributed by atoms with E-state index in [4.69, 9.17) is 16.3 Å². The van der Waals surface area contributed by atoms with Crippen LogP contribution in [0, 0.1) is 17.8 Å². The van der Waals surface area contributed by atoms with E-state index in [1.165, 1.54) is 18.1 Å². The van der Waals surface area contributed by atoms with E-state index in [2.05, 4.69) is 22.5 Å². The summed E-state index contributed by atoms with van der Waals surface area (Å²) in [6.07, 6.45) is 5.33. The third kappa shape index (κ3) is 3.84. The van der Waals surface area contributed by atoms with Crippen LogP contribution in [0.4, 0.5) is 5.69 Å². The Bertz CT molecular complexity index is 1640. The normalized spacial score (nSPS) is 25.7. The van der Waals surface area contributed by atoms with E-state index in [0.29, 0.717) is 28.8 Å². The summed E-state index contributed by atoms with van der Waals surface area (Å²) in [5, 5.41) is 10.4. The molecule has 40 heavy (non-hydrogen) atoms. The summed E-state index contributed by atoms with van der Waals surface area (Å²) in [5.41, 5.74) is 3.29. The van der Waals surface area contributed by atoms with Gasteiger partial charge in [0.05, 0.1) is 34.1 Å². The highest BCUT2D eigenvalue weighted by molar-refractivity contribution is 9.12. The molecule has 3 aliphatic carbocycles. The highest BCUT2D eigenvalue weighted by atomic mass is 79.9. The van der Waals surface area contributed by atoms with Gasteiger partial charge in [-0.1, -0.05) is 48.0 Å². The molecule has 0 saturated carbocycles. The van der Waals surface area contributed by atoms with Crippen molar-refractivity contribution in [1.29, 1.82) is 0 Å². The Balaban J connectivity index is 1.49. The first kappa shape index (κ1) is 26.5. The lowest BCUT2D eigenvalue weighted by Gasteiger charge is -2.42. The molecule has 1 N–H and O–H groups in total. The maximum absolute atomic E-state index is 14.0. The molecule has 202 valence electrons. The molecule has 0 aromatic heterocycles. The summed E-state index contributed by atoms with van der Waals surface area (Å²) in [5.74, 6) is -3.88. The number of fused-ring (bicyclic) bond motifs is 3. The van der Waals surface area contributed by atoms with E-state index >= 15 is 0 Å². The number of benzene rings is 2. The number of phenolic OH excluding ortho intramolecular Hbond substituents is 1. The summed E-state index contributed by atoms with van der Waals surface area (Å²) in [7, 11) is 1.39. The van der Waals surface area contributed by atoms with Crippen molar-refractivity contribution in [2.45, 2.75) is 18.8 Å². The number of aromatic hydroxyl groups is 1. The van der Waals surface area contributed by atoms with Crippen molar-refractivity contribution in [3.63, 3.8) is 0 Å². The first-order valence-corrected chi connectivity index (χ1v) is 13.9. The van der Waals surface area contributed by atoms with Gasteiger partial charge in [0, 0.05) is 23.1 Å². The zero-order chi connectivity index (χ0) is 28.5. The number of imide groups is 1. The molecule has 0 bridgehead atoms. The monoisotopic (exact) mass is 619 g/mol. The highest BCUT2D eigenvalue weighted by Gasteiger charge is 2.56. The van der Waals surface area contributed by atoms with Crippen molar-refractivity contribution in [2.75, 3.05) is 12.0 Å². The Kier molecular flexibility index (Phi) is 6.43. The second kappa shape index (κ2) is 9.71. The number of amides is 2. The zero-order valence-electron chi connectivity index (χ0n) is 21.3. The van der Waals surface area contributed by atoms with Gasteiger partial charge in [0.1, 0.15) is 0 Å². The van der Waals surface area contributed by atoms with Crippen molar-refractivity contribution >= 4 is 62.7 Å². The number of halogens is 2. The maximum atomic E-state index is 14.0. The number of Topliss-reactive ketones (excluding diaryl/α,β-unsaturated/α-hetero) is 1. The van der Waals surface area contributed by atoms with Crippen LogP contribution in [0.5, 0.6) is 11.5 Å². The molecule has 2 aromatic carbocycles. The molecule has 1 heterocycles. The van der Waals surface area contributed by atoms with Crippen LogP contribution in [0.15, 0.2) is 76.3 Å². The molecule has 9 heteroatoms. The van der Waals surface area contributed by atoms with E-state index in [-0.39, 0.29) is 50.8 Å². The second-order valence-corrected chi connectivity index (χ2v) is 11.5. The molecule has 2 amide bonds. The number of rotatable bonds is 4. The smallest absolute Gasteiger partial charge is 0.238 e. The fourth-order valence-electron chi connectivity index (χ4n) is 6.52. The molecular formula is C31H23BrClNO6. The lowest BCUT2D eigenvalue weighted by Crippen LogP contribution is -2.39. The summed E-state index contributed by atoms with van der Waals surface area (Å²) in [4.78, 5) is 55.6. The molecule has 2 aromatic rings. The Morgan fingerprint density at radius 2 is 1.82 bits per heavy atom.